The third-order valence-electron chi connectivity index (χ3n) is 4.73. The molecule has 2 aliphatic rings. The lowest BCUT2D eigenvalue weighted by Crippen LogP contribution is -2.71. The maximum atomic E-state index is 12.9. The van der Waals surface area contributed by atoms with Crippen LogP contribution in [0.2, 0.25) is 0 Å². The summed E-state index contributed by atoms with van der Waals surface area (Å²) in [7, 11) is 2.91. The number of nitrogens with zero attached hydrogens (tertiary/aromatic N) is 7. The summed E-state index contributed by atoms with van der Waals surface area (Å²) in [6, 6.07) is -0.935. The topological polar surface area (TPSA) is 203 Å². The number of carbonyl (C=O) groups excluding carboxylic acids is 2. The number of thioether (sulfide) groups is 2. The number of fused-ring (bicyclic) bond motifs is 1. The van der Waals surface area contributed by atoms with Crippen molar-refractivity contribution in [2.24, 2.45) is 5.16 Å². The van der Waals surface area contributed by atoms with Gasteiger partial charge in [-0.1, -0.05) is 22.0 Å². The summed E-state index contributed by atoms with van der Waals surface area (Å²) in [4.78, 5) is 49.0. The molecule has 1 fully saturated rings. The Morgan fingerprint density at radius 1 is 1.47 bits per heavy atom. The third-order valence-corrected chi connectivity index (χ3v) is 7.75. The molecule has 4 rings (SSSR count). The van der Waals surface area contributed by atoms with Gasteiger partial charge in [0.1, 0.15) is 29.9 Å². The Balaban J connectivity index is 1.49. The second kappa shape index (κ2) is 9.85. The van der Waals surface area contributed by atoms with Gasteiger partial charge < -0.3 is 26.4 Å². The molecule has 0 aromatic carbocycles. The molecule has 180 valence electrons. The minimum atomic E-state index is -1.23. The molecule has 2 amide bonds. The number of aliphatic carboxylic acids is 1. The number of nitrogens with two attached hydrogens (primary N) is 1. The molecule has 0 bridgehead atoms. The number of anilines is 1. The van der Waals surface area contributed by atoms with Crippen molar-refractivity contribution in [2.45, 2.75) is 16.6 Å². The van der Waals surface area contributed by atoms with E-state index in [1.807, 2.05) is 0 Å². The second-order valence-electron chi connectivity index (χ2n) is 6.70. The van der Waals surface area contributed by atoms with Crippen molar-refractivity contribution in [1.29, 1.82) is 0 Å². The van der Waals surface area contributed by atoms with Crippen molar-refractivity contribution in [1.82, 2.24) is 35.5 Å². The molecular weight excluding hydrogens is 508 g/mol. The van der Waals surface area contributed by atoms with E-state index in [2.05, 4.69) is 36.4 Å². The maximum Gasteiger partial charge on any atom is 0.352 e. The Bertz CT molecular complexity index is 1190. The van der Waals surface area contributed by atoms with Crippen LogP contribution in [0.5, 0.6) is 0 Å². The number of β-lactam (4-membered cyclic amide) rings is 1. The first-order valence-electron chi connectivity index (χ1n) is 9.48. The van der Waals surface area contributed by atoms with Crippen molar-refractivity contribution in [3.8, 4) is 0 Å². The summed E-state index contributed by atoms with van der Waals surface area (Å²) in [6.45, 7) is 0. The van der Waals surface area contributed by atoms with Crippen molar-refractivity contribution < 1.29 is 24.3 Å². The number of hydrogen-bond acceptors (Lipinski definition) is 14. The van der Waals surface area contributed by atoms with Crippen molar-refractivity contribution >= 4 is 63.5 Å². The summed E-state index contributed by atoms with van der Waals surface area (Å²) in [5.74, 6) is -1.85. The highest BCUT2D eigenvalue weighted by Gasteiger charge is 2.54. The predicted octanol–water partition coefficient (Wildman–Crippen LogP) is -1.23. The lowest BCUT2D eigenvalue weighted by molar-refractivity contribution is -0.150. The lowest BCUT2D eigenvalue weighted by atomic mass is 10.0. The van der Waals surface area contributed by atoms with Crippen LogP contribution in [0.3, 0.4) is 0 Å². The van der Waals surface area contributed by atoms with Gasteiger partial charge in [0.25, 0.3) is 11.8 Å². The zero-order valence-electron chi connectivity index (χ0n) is 17.7. The second-order valence-corrected chi connectivity index (χ2v) is 9.63. The van der Waals surface area contributed by atoms with Crippen LogP contribution in [0.1, 0.15) is 5.69 Å². The van der Waals surface area contributed by atoms with E-state index >= 15 is 0 Å². The van der Waals surface area contributed by atoms with Gasteiger partial charge in [-0.3, -0.25) is 14.5 Å². The zero-order valence-corrected chi connectivity index (χ0v) is 20.1. The largest absolute Gasteiger partial charge is 0.477 e. The van der Waals surface area contributed by atoms with Gasteiger partial charge in [-0.2, -0.15) is 0 Å². The summed E-state index contributed by atoms with van der Waals surface area (Å²) in [5.41, 5.74) is 8.90. The Morgan fingerprint density at radius 2 is 2.26 bits per heavy atom. The molecule has 0 radical (unpaired) electrons. The van der Waals surface area contributed by atoms with E-state index in [1.165, 1.54) is 45.7 Å². The van der Waals surface area contributed by atoms with Gasteiger partial charge in [-0.15, -0.1) is 27.9 Å². The number of rotatable bonds is 9. The minimum absolute atomic E-state index is 0.103. The van der Waals surface area contributed by atoms with Gasteiger partial charge >= 0.3 is 5.97 Å². The standard InChI is InChI=1S/C16H18N10O5S3/c1-18-26-16(21-23-24-26)34-4-6-3-32-13-9(12(28)25(13)10(6)14(29)30)20-11(27)8(22-31-2)7-5-33-15(17)19-7/h5,9,13,18H,3-4H2,1-2H3,(H2,17,19)(H,20,27)(H,29,30)/b22-8-/t9-,13+/m1/s1. The molecule has 0 spiro atoms. The Kier molecular flexibility index (Phi) is 6.89. The number of carboxylic acid groups (broad SMARTS) is 1. The fourth-order valence-electron chi connectivity index (χ4n) is 3.26. The van der Waals surface area contributed by atoms with Gasteiger partial charge in [-0.25, -0.2) is 9.78 Å². The summed E-state index contributed by atoms with van der Waals surface area (Å²) >= 11 is 3.70. The van der Waals surface area contributed by atoms with Crippen molar-refractivity contribution in [2.75, 3.05) is 36.8 Å². The summed E-state index contributed by atoms with van der Waals surface area (Å²) < 4.78 is 0. The van der Waals surface area contributed by atoms with Crippen molar-refractivity contribution in [3.63, 3.8) is 0 Å². The first-order chi connectivity index (χ1) is 16.3. The maximum absolute atomic E-state index is 12.9. The predicted molar refractivity (Wildman–Crippen MR) is 124 cm³/mol. The quantitative estimate of drug-likeness (QED) is 0.131. The van der Waals surface area contributed by atoms with Crippen LogP contribution in [-0.2, 0) is 19.2 Å². The van der Waals surface area contributed by atoms with Crippen LogP contribution >= 0.6 is 34.9 Å². The smallest absolute Gasteiger partial charge is 0.352 e. The Labute approximate surface area is 204 Å². The monoisotopic (exact) mass is 526 g/mol. The molecule has 1 saturated heterocycles. The van der Waals surface area contributed by atoms with Crippen LogP contribution in [0.4, 0.5) is 5.13 Å². The third kappa shape index (κ3) is 4.38. The molecule has 18 heteroatoms. The zero-order chi connectivity index (χ0) is 24.4. The molecule has 15 nitrogen and oxygen atoms in total. The van der Waals surface area contributed by atoms with Crippen LogP contribution in [0, 0.1) is 0 Å². The van der Waals surface area contributed by atoms with Gasteiger partial charge in [0.15, 0.2) is 10.8 Å². The average molecular weight is 527 g/mol. The molecule has 34 heavy (non-hydrogen) atoms. The Morgan fingerprint density at radius 3 is 2.91 bits per heavy atom. The number of amides is 2. The van der Waals surface area contributed by atoms with E-state index in [0.717, 1.165) is 11.3 Å². The number of aromatic nitrogens is 5. The summed E-state index contributed by atoms with van der Waals surface area (Å²) in [5, 5.41) is 28.9. The lowest BCUT2D eigenvalue weighted by Gasteiger charge is -2.49. The number of hydrogen-bond donors (Lipinski definition) is 4. The number of carboxylic acids is 1. The van der Waals surface area contributed by atoms with Gasteiger partial charge in [0.2, 0.25) is 5.16 Å². The molecule has 4 heterocycles. The molecular formula is C16H18N10O5S3. The SMILES string of the molecule is CNn1nnnc1SCC1=C(C(=O)O)N2C(=O)[C@@H](NC(=O)/C(=N\OC)c3csc(N)n3)[C@@H]2SC1. The Hall–Kier alpha value is -3.38. The number of tetrazole rings is 1. The van der Waals surface area contributed by atoms with Crippen LogP contribution in [0.25, 0.3) is 0 Å². The van der Waals surface area contributed by atoms with E-state index < -0.39 is 29.2 Å². The van der Waals surface area contributed by atoms with Gasteiger partial charge in [0, 0.05) is 23.9 Å². The van der Waals surface area contributed by atoms with E-state index in [9.17, 15) is 19.5 Å². The molecule has 0 unspecified atom stereocenters. The van der Waals surface area contributed by atoms with E-state index in [-0.39, 0.29) is 28.0 Å². The number of thiazole rings is 1. The van der Waals surface area contributed by atoms with Crippen molar-refractivity contribution in [3.05, 3.63) is 22.3 Å². The van der Waals surface area contributed by atoms with Gasteiger partial charge in [-0.05, 0) is 16.0 Å². The molecule has 5 N–H and O–H groups in total. The van der Waals surface area contributed by atoms with E-state index in [4.69, 9.17) is 10.6 Å². The normalized spacial score (nSPS) is 20.0. The first kappa shape index (κ1) is 23.8. The number of nitrogen functional groups attached to an aromatic ring is 1. The molecule has 2 atom stereocenters. The fraction of sp³-hybridized carbons (Fsp3) is 0.375. The molecule has 0 aliphatic carbocycles. The van der Waals surface area contributed by atoms with Crippen LogP contribution in [0.15, 0.2) is 27.0 Å². The highest BCUT2D eigenvalue weighted by atomic mass is 32.2. The summed E-state index contributed by atoms with van der Waals surface area (Å²) in [6.07, 6.45) is 0. The first-order valence-corrected chi connectivity index (χ1v) is 12.4. The van der Waals surface area contributed by atoms with Crippen LogP contribution in [-0.4, -0.2) is 95.9 Å². The number of nitrogens with one attached hydrogen (secondary N) is 2. The van der Waals surface area contributed by atoms with Crippen LogP contribution < -0.4 is 16.5 Å². The molecule has 2 aromatic heterocycles. The molecule has 2 aliphatic heterocycles. The average Bonchev–Trinajstić information content (AvgIpc) is 3.46. The fourth-order valence-corrected chi connectivity index (χ4v) is 6.17. The highest BCUT2D eigenvalue weighted by Crippen LogP contribution is 2.41. The number of carbonyl (C=O) groups is 3. The van der Waals surface area contributed by atoms with E-state index in [1.54, 1.807) is 7.05 Å². The minimum Gasteiger partial charge on any atom is -0.477 e. The van der Waals surface area contributed by atoms with E-state index in [0.29, 0.717) is 16.5 Å². The number of oxime groups is 1. The molecule has 2 aromatic rings. The highest BCUT2D eigenvalue weighted by molar-refractivity contribution is 8.01. The molecule has 0 saturated carbocycles. The van der Waals surface area contributed by atoms with Gasteiger partial charge in [0.05, 0.1) is 0 Å².